The van der Waals surface area contributed by atoms with Crippen LogP contribution in [0.25, 0.3) is 0 Å². The van der Waals surface area contributed by atoms with Gasteiger partial charge in [-0.1, -0.05) is 41.0 Å². The summed E-state index contributed by atoms with van der Waals surface area (Å²) in [5.41, 5.74) is 1.10. The third kappa shape index (κ3) is 7.35. The number of methoxy groups -OCH3 is 1. The quantitative estimate of drug-likeness (QED) is 0.377. The van der Waals surface area contributed by atoms with Gasteiger partial charge in [-0.2, -0.15) is 0 Å². The van der Waals surface area contributed by atoms with Gasteiger partial charge in [0.1, 0.15) is 17.6 Å². The third-order valence-corrected chi connectivity index (χ3v) is 5.87. The van der Waals surface area contributed by atoms with Gasteiger partial charge in [0.05, 0.1) is 12.8 Å². The number of amides is 3. The van der Waals surface area contributed by atoms with Gasteiger partial charge in [-0.05, 0) is 58.4 Å². The van der Waals surface area contributed by atoms with Gasteiger partial charge in [0.2, 0.25) is 17.7 Å². The second-order valence-electron chi connectivity index (χ2n) is 9.97. The van der Waals surface area contributed by atoms with Crippen molar-refractivity contribution in [3.63, 3.8) is 0 Å². The number of carbonyl (C=O) groups excluding carboxylic acids is 3. The van der Waals surface area contributed by atoms with Gasteiger partial charge < -0.3 is 19.9 Å². The molecule has 0 saturated carbocycles. The Balaban J connectivity index is 2.05. The number of benzene rings is 2. The first-order valence-electron chi connectivity index (χ1n) is 12.2. The lowest BCUT2D eigenvalue weighted by atomic mass is 9.99. The molecular formula is C28H33ClN4O5. The Labute approximate surface area is 227 Å². The van der Waals surface area contributed by atoms with Crippen LogP contribution in [0.5, 0.6) is 5.75 Å². The predicted octanol–water partition coefficient (Wildman–Crippen LogP) is 5.36. The number of nitrogens with one attached hydrogen (secondary N) is 2. The van der Waals surface area contributed by atoms with E-state index in [2.05, 4.69) is 15.8 Å². The van der Waals surface area contributed by atoms with E-state index >= 15 is 0 Å². The second kappa shape index (κ2) is 12.1. The molecule has 1 heterocycles. The molecule has 38 heavy (non-hydrogen) atoms. The van der Waals surface area contributed by atoms with E-state index in [0.717, 1.165) is 5.56 Å². The minimum absolute atomic E-state index is 0.147. The Hall–Kier alpha value is -3.85. The van der Waals surface area contributed by atoms with Crippen molar-refractivity contribution in [1.82, 2.24) is 10.5 Å². The summed E-state index contributed by atoms with van der Waals surface area (Å²) in [6, 6.07) is 12.7. The first-order chi connectivity index (χ1) is 17.9. The predicted molar refractivity (Wildman–Crippen MR) is 146 cm³/mol. The fourth-order valence-electron chi connectivity index (χ4n) is 3.91. The Morgan fingerprint density at radius 3 is 2.39 bits per heavy atom. The topological polar surface area (TPSA) is 114 Å². The maximum atomic E-state index is 13.9. The maximum Gasteiger partial charge on any atom is 0.248 e. The molecule has 0 bridgehead atoms. The largest absolute Gasteiger partial charge is 0.495 e. The molecule has 0 radical (unpaired) electrons. The number of carbonyl (C=O) groups is 3. The van der Waals surface area contributed by atoms with Crippen LogP contribution in [0.2, 0.25) is 5.02 Å². The summed E-state index contributed by atoms with van der Waals surface area (Å²) in [5, 5.41) is 9.66. The molecule has 0 aliphatic rings. The van der Waals surface area contributed by atoms with Crippen LogP contribution < -0.4 is 20.3 Å². The molecule has 9 nitrogen and oxygen atoms in total. The van der Waals surface area contributed by atoms with Crippen molar-refractivity contribution < 1.29 is 23.6 Å². The molecule has 3 aromatic rings. The molecule has 0 fully saturated rings. The molecule has 10 heteroatoms. The van der Waals surface area contributed by atoms with Crippen LogP contribution in [0.1, 0.15) is 56.5 Å². The number of aromatic nitrogens is 1. The number of anilines is 2. The van der Waals surface area contributed by atoms with E-state index in [1.807, 2.05) is 33.8 Å². The number of rotatable bonds is 9. The molecule has 0 aliphatic heterocycles. The minimum atomic E-state index is -1.13. The van der Waals surface area contributed by atoms with Gasteiger partial charge in [0.15, 0.2) is 5.82 Å². The van der Waals surface area contributed by atoms with E-state index in [1.54, 1.807) is 49.4 Å². The van der Waals surface area contributed by atoms with Crippen molar-refractivity contribution in [3.8, 4) is 5.75 Å². The summed E-state index contributed by atoms with van der Waals surface area (Å²) in [4.78, 5) is 41.7. The van der Waals surface area contributed by atoms with Crippen molar-refractivity contribution in [2.75, 3.05) is 17.3 Å². The molecule has 1 atom stereocenters. The molecular weight excluding hydrogens is 508 g/mol. The third-order valence-electron chi connectivity index (χ3n) is 5.53. The fraction of sp³-hybridized carbons (Fsp3) is 0.357. The highest BCUT2D eigenvalue weighted by atomic mass is 35.5. The van der Waals surface area contributed by atoms with Gasteiger partial charge in [0.25, 0.3) is 0 Å². The van der Waals surface area contributed by atoms with Crippen LogP contribution in [0, 0.1) is 13.8 Å². The van der Waals surface area contributed by atoms with Gasteiger partial charge in [-0.15, -0.1) is 0 Å². The van der Waals surface area contributed by atoms with Gasteiger partial charge >= 0.3 is 0 Å². The Bertz CT molecular complexity index is 1310. The zero-order valence-electron chi connectivity index (χ0n) is 22.4. The van der Waals surface area contributed by atoms with Crippen molar-refractivity contribution in [3.05, 3.63) is 70.4 Å². The molecule has 3 rings (SSSR count). The van der Waals surface area contributed by atoms with E-state index in [4.69, 9.17) is 20.9 Å². The van der Waals surface area contributed by atoms with E-state index in [9.17, 15) is 14.4 Å². The molecule has 0 spiro atoms. The second-order valence-corrected chi connectivity index (χ2v) is 10.4. The summed E-state index contributed by atoms with van der Waals surface area (Å²) in [5.74, 6) is -0.111. The zero-order chi connectivity index (χ0) is 28.0. The van der Waals surface area contributed by atoms with Crippen molar-refractivity contribution >= 4 is 40.8 Å². The average molecular weight is 541 g/mol. The zero-order valence-corrected chi connectivity index (χ0v) is 23.2. The standard InChI is InChI=1S/C28H33ClN4O5/c1-17-11-12-22(37-6)21(15-17)33(25(35)14-13-24(34)30-23-16-18(2)38-32-23)26(27(36)31-28(3,4)5)19-9-7-8-10-20(19)29/h7-12,15-16,26H,13-14H2,1-6H3,(H,31,36)(H,30,32,34). The summed E-state index contributed by atoms with van der Waals surface area (Å²) >= 11 is 6.57. The summed E-state index contributed by atoms with van der Waals surface area (Å²) in [7, 11) is 1.49. The number of nitrogens with zero attached hydrogens (tertiary/aromatic N) is 2. The molecule has 2 aromatic carbocycles. The maximum absolute atomic E-state index is 13.9. The van der Waals surface area contributed by atoms with E-state index in [-0.39, 0.29) is 18.7 Å². The van der Waals surface area contributed by atoms with E-state index < -0.39 is 29.3 Å². The Morgan fingerprint density at radius 2 is 1.79 bits per heavy atom. The van der Waals surface area contributed by atoms with Crippen LogP contribution in [0.3, 0.4) is 0 Å². The molecule has 2 N–H and O–H groups in total. The normalized spacial score (nSPS) is 12.0. The van der Waals surface area contributed by atoms with Gasteiger partial charge in [-0.25, -0.2) is 0 Å². The lowest BCUT2D eigenvalue weighted by Gasteiger charge is -2.35. The highest BCUT2D eigenvalue weighted by Crippen LogP contribution is 2.38. The average Bonchev–Trinajstić information content (AvgIpc) is 3.24. The van der Waals surface area contributed by atoms with Crippen LogP contribution in [-0.2, 0) is 14.4 Å². The highest BCUT2D eigenvalue weighted by molar-refractivity contribution is 6.31. The van der Waals surface area contributed by atoms with Crippen molar-refractivity contribution in [1.29, 1.82) is 0 Å². The van der Waals surface area contributed by atoms with Crippen LogP contribution >= 0.6 is 11.6 Å². The smallest absolute Gasteiger partial charge is 0.248 e. The molecule has 1 aromatic heterocycles. The monoisotopic (exact) mass is 540 g/mol. The first kappa shape index (κ1) is 28.7. The number of halogens is 1. The SMILES string of the molecule is COc1ccc(C)cc1N(C(=O)CCC(=O)Nc1cc(C)on1)C(C(=O)NC(C)(C)C)c1ccccc1Cl. The van der Waals surface area contributed by atoms with Crippen LogP contribution in [0.15, 0.2) is 53.1 Å². The molecule has 0 saturated heterocycles. The molecule has 3 amide bonds. The number of aryl methyl sites for hydroxylation is 2. The van der Waals surface area contributed by atoms with E-state index in [1.165, 1.54) is 12.0 Å². The van der Waals surface area contributed by atoms with Crippen LogP contribution in [-0.4, -0.2) is 35.5 Å². The number of hydrogen-bond acceptors (Lipinski definition) is 6. The first-order valence-corrected chi connectivity index (χ1v) is 12.5. The highest BCUT2D eigenvalue weighted by Gasteiger charge is 2.37. The lowest BCUT2D eigenvalue weighted by Crippen LogP contribution is -2.49. The summed E-state index contributed by atoms with van der Waals surface area (Å²) in [6.45, 7) is 9.13. The molecule has 202 valence electrons. The fourth-order valence-corrected chi connectivity index (χ4v) is 4.15. The molecule has 1 unspecified atom stereocenters. The minimum Gasteiger partial charge on any atom is -0.495 e. The van der Waals surface area contributed by atoms with E-state index in [0.29, 0.717) is 27.8 Å². The lowest BCUT2D eigenvalue weighted by molar-refractivity contribution is -0.128. The van der Waals surface area contributed by atoms with Crippen molar-refractivity contribution in [2.24, 2.45) is 0 Å². The van der Waals surface area contributed by atoms with Gasteiger partial charge in [0, 0.05) is 35.0 Å². The molecule has 0 aliphatic carbocycles. The van der Waals surface area contributed by atoms with Gasteiger partial charge in [-0.3, -0.25) is 19.3 Å². The summed E-state index contributed by atoms with van der Waals surface area (Å²) in [6.07, 6.45) is -0.338. The summed E-state index contributed by atoms with van der Waals surface area (Å²) < 4.78 is 10.5. The number of ether oxygens (including phenoxy) is 1. The Kier molecular flexibility index (Phi) is 9.17. The van der Waals surface area contributed by atoms with Crippen molar-refractivity contribution in [2.45, 2.75) is 59.0 Å². The van der Waals surface area contributed by atoms with Crippen LogP contribution in [0.4, 0.5) is 11.5 Å². The number of hydrogen-bond donors (Lipinski definition) is 2. The Morgan fingerprint density at radius 1 is 1.08 bits per heavy atom.